The fraction of sp³-hybridized carbons (Fsp3) is 0.154. The number of esters is 1. The van der Waals surface area contributed by atoms with Gasteiger partial charge in [-0.2, -0.15) is 0 Å². The van der Waals surface area contributed by atoms with Crippen LogP contribution in [0.3, 0.4) is 0 Å². The second kappa shape index (κ2) is 5.81. The first-order valence-corrected chi connectivity index (χ1v) is 4.84. The molecule has 2 heteroatoms. The summed E-state index contributed by atoms with van der Waals surface area (Å²) in [6.07, 6.45) is 5.40. The quantitative estimate of drug-likeness (QED) is 0.554. The normalized spacial score (nSPS) is 10.2. The van der Waals surface area contributed by atoms with E-state index in [1.165, 1.54) is 0 Å². The lowest BCUT2D eigenvalue weighted by Crippen LogP contribution is -2.04. The van der Waals surface area contributed by atoms with E-state index in [0.29, 0.717) is 12.2 Å². The van der Waals surface area contributed by atoms with Crippen molar-refractivity contribution in [1.29, 1.82) is 0 Å². The van der Waals surface area contributed by atoms with Crippen molar-refractivity contribution in [1.82, 2.24) is 0 Å². The summed E-state index contributed by atoms with van der Waals surface area (Å²) in [7, 11) is 0. The molecule has 0 fully saturated rings. The van der Waals surface area contributed by atoms with Gasteiger partial charge in [0.2, 0.25) is 0 Å². The lowest BCUT2D eigenvalue weighted by molar-refractivity contribution is 0.0526. The molecule has 0 N–H and O–H groups in total. The Balaban J connectivity index is 2.86. The van der Waals surface area contributed by atoms with Crippen LogP contribution in [0.15, 0.2) is 43.0 Å². The topological polar surface area (TPSA) is 26.3 Å². The number of benzene rings is 1. The highest BCUT2D eigenvalue weighted by Crippen LogP contribution is 2.08. The van der Waals surface area contributed by atoms with Gasteiger partial charge in [-0.3, -0.25) is 0 Å². The maximum atomic E-state index is 11.4. The van der Waals surface area contributed by atoms with E-state index in [1.807, 2.05) is 24.3 Å². The number of hydrogen-bond acceptors (Lipinski definition) is 2. The lowest BCUT2D eigenvalue weighted by atomic mass is 10.1. The van der Waals surface area contributed by atoms with E-state index >= 15 is 0 Å². The van der Waals surface area contributed by atoms with E-state index in [9.17, 15) is 4.79 Å². The molecule has 0 spiro atoms. The predicted molar refractivity (Wildman–Crippen MR) is 61.6 cm³/mol. The summed E-state index contributed by atoms with van der Waals surface area (Å²) in [6.45, 7) is 5.77. The number of rotatable bonds is 4. The van der Waals surface area contributed by atoms with E-state index in [0.717, 1.165) is 5.56 Å². The minimum atomic E-state index is -0.286. The van der Waals surface area contributed by atoms with Crippen molar-refractivity contribution in [3.63, 3.8) is 0 Å². The van der Waals surface area contributed by atoms with Crippen LogP contribution in [0.4, 0.5) is 0 Å². The maximum Gasteiger partial charge on any atom is 0.338 e. The number of ether oxygens (including phenoxy) is 1. The van der Waals surface area contributed by atoms with Crippen LogP contribution < -0.4 is 0 Å². The van der Waals surface area contributed by atoms with Crippen LogP contribution in [-0.2, 0) is 4.74 Å². The van der Waals surface area contributed by atoms with E-state index in [4.69, 9.17) is 4.74 Å². The van der Waals surface area contributed by atoms with E-state index in [2.05, 4.69) is 6.58 Å². The SMILES string of the molecule is C=C/C=C/c1cccc(C(=O)OCC)c1. The smallest absolute Gasteiger partial charge is 0.338 e. The molecule has 0 saturated heterocycles. The van der Waals surface area contributed by atoms with Crippen molar-refractivity contribution < 1.29 is 9.53 Å². The van der Waals surface area contributed by atoms with Gasteiger partial charge in [-0.1, -0.05) is 36.9 Å². The second-order valence-corrected chi connectivity index (χ2v) is 2.94. The molecule has 0 radical (unpaired) electrons. The molecule has 0 bridgehead atoms. The summed E-state index contributed by atoms with van der Waals surface area (Å²) in [5, 5.41) is 0. The van der Waals surface area contributed by atoms with Gasteiger partial charge in [0, 0.05) is 0 Å². The summed E-state index contributed by atoms with van der Waals surface area (Å²) in [4.78, 5) is 11.4. The van der Waals surface area contributed by atoms with Gasteiger partial charge in [-0.15, -0.1) is 0 Å². The summed E-state index contributed by atoms with van der Waals surface area (Å²) >= 11 is 0. The average molecular weight is 202 g/mol. The predicted octanol–water partition coefficient (Wildman–Crippen LogP) is 3.06. The van der Waals surface area contributed by atoms with Crippen molar-refractivity contribution in [2.45, 2.75) is 6.92 Å². The molecule has 78 valence electrons. The van der Waals surface area contributed by atoms with Crippen molar-refractivity contribution in [3.05, 3.63) is 54.1 Å². The minimum absolute atomic E-state index is 0.286. The summed E-state index contributed by atoms with van der Waals surface area (Å²) in [5.41, 5.74) is 1.53. The van der Waals surface area contributed by atoms with Gasteiger partial charge in [-0.05, 0) is 24.6 Å². The first-order valence-electron chi connectivity index (χ1n) is 4.84. The zero-order valence-corrected chi connectivity index (χ0v) is 8.77. The molecule has 2 nitrogen and oxygen atoms in total. The Labute approximate surface area is 89.9 Å². The zero-order valence-electron chi connectivity index (χ0n) is 8.77. The zero-order chi connectivity index (χ0) is 11.1. The van der Waals surface area contributed by atoms with Gasteiger partial charge in [-0.25, -0.2) is 4.79 Å². The summed E-state index contributed by atoms with van der Waals surface area (Å²) in [6, 6.07) is 7.28. The minimum Gasteiger partial charge on any atom is -0.462 e. The average Bonchev–Trinajstić information content (AvgIpc) is 2.27. The molecule has 0 unspecified atom stereocenters. The fourth-order valence-electron chi connectivity index (χ4n) is 1.16. The molecule has 0 aromatic heterocycles. The van der Waals surface area contributed by atoms with Crippen molar-refractivity contribution in [2.75, 3.05) is 6.61 Å². The Morgan fingerprint density at radius 3 is 3.00 bits per heavy atom. The lowest BCUT2D eigenvalue weighted by Gasteiger charge is -2.02. The number of allylic oxidation sites excluding steroid dienone is 2. The molecule has 0 atom stereocenters. The largest absolute Gasteiger partial charge is 0.462 e. The number of carbonyl (C=O) groups is 1. The highest BCUT2D eigenvalue weighted by molar-refractivity contribution is 5.90. The molecular weight excluding hydrogens is 188 g/mol. The van der Waals surface area contributed by atoms with E-state index in [1.54, 1.807) is 25.1 Å². The third kappa shape index (κ3) is 3.43. The van der Waals surface area contributed by atoms with E-state index < -0.39 is 0 Å². The van der Waals surface area contributed by atoms with Gasteiger partial charge in [0.15, 0.2) is 0 Å². The monoisotopic (exact) mass is 202 g/mol. The van der Waals surface area contributed by atoms with Crippen LogP contribution in [0.25, 0.3) is 6.08 Å². The number of carbonyl (C=O) groups excluding carboxylic acids is 1. The molecule has 1 aromatic carbocycles. The van der Waals surface area contributed by atoms with Gasteiger partial charge in [0.1, 0.15) is 0 Å². The summed E-state index contributed by atoms with van der Waals surface area (Å²) in [5.74, 6) is -0.286. The molecule has 0 aliphatic rings. The highest BCUT2D eigenvalue weighted by atomic mass is 16.5. The van der Waals surface area contributed by atoms with Gasteiger partial charge >= 0.3 is 5.97 Å². The van der Waals surface area contributed by atoms with Crippen molar-refractivity contribution >= 4 is 12.0 Å². The molecular formula is C13H14O2. The Morgan fingerprint density at radius 1 is 1.53 bits per heavy atom. The van der Waals surface area contributed by atoms with Crippen LogP contribution >= 0.6 is 0 Å². The van der Waals surface area contributed by atoms with Crippen LogP contribution in [0.2, 0.25) is 0 Å². The van der Waals surface area contributed by atoms with Gasteiger partial charge in [0.05, 0.1) is 12.2 Å². The Morgan fingerprint density at radius 2 is 2.33 bits per heavy atom. The highest BCUT2D eigenvalue weighted by Gasteiger charge is 2.04. The molecule has 1 aromatic rings. The van der Waals surface area contributed by atoms with Crippen LogP contribution in [0.5, 0.6) is 0 Å². The third-order valence-corrected chi connectivity index (χ3v) is 1.82. The van der Waals surface area contributed by atoms with Crippen LogP contribution in [0, 0.1) is 0 Å². The Kier molecular flexibility index (Phi) is 4.35. The first kappa shape index (κ1) is 11.2. The molecule has 0 aliphatic heterocycles. The Hall–Kier alpha value is -1.83. The van der Waals surface area contributed by atoms with Gasteiger partial charge < -0.3 is 4.74 Å². The maximum absolute atomic E-state index is 11.4. The number of hydrogen-bond donors (Lipinski definition) is 0. The first-order chi connectivity index (χ1) is 7.27. The molecule has 0 heterocycles. The molecule has 1 rings (SSSR count). The van der Waals surface area contributed by atoms with E-state index in [-0.39, 0.29) is 5.97 Å². The van der Waals surface area contributed by atoms with Crippen LogP contribution in [-0.4, -0.2) is 12.6 Å². The molecule has 15 heavy (non-hydrogen) atoms. The van der Waals surface area contributed by atoms with Crippen molar-refractivity contribution in [2.24, 2.45) is 0 Å². The molecule has 0 amide bonds. The van der Waals surface area contributed by atoms with Crippen LogP contribution in [0.1, 0.15) is 22.8 Å². The molecule has 0 saturated carbocycles. The van der Waals surface area contributed by atoms with Gasteiger partial charge in [0.25, 0.3) is 0 Å². The fourth-order valence-corrected chi connectivity index (χ4v) is 1.16. The summed E-state index contributed by atoms with van der Waals surface area (Å²) < 4.78 is 4.90. The third-order valence-electron chi connectivity index (χ3n) is 1.82. The Bertz CT molecular complexity index is 378. The molecule has 0 aliphatic carbocycles. The second-order valence-electron chi connectivity index (χ2n) is 2.94. The van der Waals surface area contributed by atoms with Crippen molar-refractivity contribution in [3.8, 4) is 0 Å². The standard InChI is InChI=1S/C13H14O2/c1-3-5-7-11-8-6-9-12(10-11)13(14)15-4-2/h3,5-10H,1,4H2,2H3/b7-5+.